The summed E-state index contributed by atoms with van der Waals surface area (Å²) in [5.41, 5.74) is 0.926. The lowest BCUT2D eigenvalue weighted by Gasteiger charge is -1.96. The molecule has 0 aliphatic carbocycles. The van der Waals surface area contributed by atoms with E-state index >= 15 is 0 Å². The van der Waals surface area contributed by atoms with Crippen molar-refractivity contribution < 1.29 is 4.79 Å². The van der Waals surface area contributed by atoms with Crippen molar-refractivity contribution >= 4 is 5.91 Å². The molecule has 1 atom stereocenters. The largest absolute Gasteiger partial charge is 0.390 e. The second-order valence-corrected chi connectivity index (χ2v) is 2.41. The fourth-order valence-corrected chi connectivity index (χ4v) is 1.29. The van der Waals surface area contributed by atoms with Crippen LogP contribution >= 0.6 is 0 Å². The molecule has 0 saturated carbocycles. The van der Waals surface area contributed by atoms with Crippen molar-refractivity contribution in [3.05, 3.63) is 11.8 Å². The van der Waals surface area contributed by atoms with Crippen LogP contribution in [0.1, 0.15) is 0 Å². The first-order chi connectivity index (χ1) is 4.38. The highest BCUT2D eigenvalue weighted by Crippen LogP contribution is 2.18. The lowest BCUT2D eigenvalue weighted by molar-refractivity contribution is -0.116. The zero-order valence-corrected chi connectivity index (χ0v) is 4.98. The second-order valence-electron chi connectivity index (χ2n) is 2.41. The van der Waals surface area contributed by atoms with Gasteiger partial charge in [0.15, 0.2) is 0 Å². The van der Waals surface area contributed by atoms with Crippen molar-refractivity contribution in [1.29, 1.82) is 0 Å². The van der Waals surface area contributed by atoms with E-state index in [9.17, 15) is 4.79 Å². The van der Waals surface area contributed by atoms with Crippen LogP contribution in [0.5, 0.6) is 0 Å². The number of rotatable bonds is 0. The van der Waals surface area contributed by atoms with Gasteiger partial charge in [-0.05, 0) is 0 Å². The topological polar surface area (TPSA) is 41.1 Å². The fourth-order valence-electron chi connectivity index (χ4n) is 1.29. The molecule has 1 saturated heterocycles. The minimum absolute atomic E-state index is 0.102. The Morgan fingerprint density at radius 3 is 3.22 bits per heavy atom. The van der Waals surface area contributed by atoms with Gasteiger partial charge < -0.3 is 10.6 Å². The molecule has 3 nitrogen and oxygen atoms in total. The summed E-state index contributed by atoms with van der Waals surface area (Å²) in [6, 6.07) is 0. The van der Waals surface area contributed by atoms with Crippen LogP contribution in [-0.4, -0.2) is 19.0 Å². The SMILES string of the molecule is O=C1NCC2CNC=C12. The van der Waals surface area contributed by atoms with E-state index < -0.39 is 0 Å². The highest BCUT2D eigenvalue weighted by molar-refractivity contribution is 5.96. The monoisotopic (exact) mass is 124 g/mol. The predicted molar refractivity (Wildman–Crippen MR) is 32.6 cm³/mol. The number of hydrogen-bond acceptors (Lipinski definition) is 2. The molecular formula is C6H8N2O. The van der Waals surface area contributed by atoms with Gasteiger partial charge in [-0.2, -0.15) is 0 Å². The molecule has 0 aromatic rings. The maximum absolute atomic E-state index is 10.8. The molecule has 2 heterocycles. The van der Waals surface area contributed by atoms with E-state index in [1.165, 1.54) is 0 Å². The Hall–Kier alpha value is -0.990. The third kappa shape index (κ3) is 0.542. The van der Waals surface area contributed by atoms with Gasteiger partial charge >= 0.3 is 0 Å². The van der Waals surface area contributed by atoms with E-state index in [1.807, 2.05) is 6.20 Å². The molecule has 1 unspecified atom stereocenters. The molecule has 2 rings (SSSR count). The Bertz CT molecular complexity index is 185. The minimum Gasteiger partial charge on any atom is -0.390 e. The van der Waals surface area contributed by atoms with Crippen LogP contribution in [0.3, 0.4) is 0 Å². The second kappa shape index (κ2) is 1.50. The molecule has 2 aliphatic rings. The van der Waals surface area contributed by atoms with E-state index in [0.717, 1.165) is 18.7 Å². The Morgan fingerprint density at radius 1 is 1.56 bits per heavy atom. The first-order valence-electron chi connectivity index (χ1n) is 3.09. The van der Waals surface area contributed by atoms with Crippen LogP contribution in [0.4, 0.5) is 0 Å². The van der Waals surface area contributed by atoms with Crippen LogP contribution in [0.2, 0.25) is 0 Å². The van der Waals surface area contributed by atoms with E-state index in [4.69, 9.17) is 0 Å². The third-order valence-electron chi connectivity index (χ3n) is 1.83. The molecule has 0 radical (unpaired) electrons. The van der Waals surface area contributed by atoms with Gasteiger partial charge in [0, 0.05) is 30.8 Å². The predicted octanol–water partition coefficient (Wildman–Crippen LogP) is -0.781. The Kier molecular flexibility index (Phi) is 0.806. The van der Waals surface area contributed by atoms with E-state index in [0.29, 0.717) is 5.92 Å². The summed E-state index contributed by atoms with van der Waals surface area (Å²) >= 11 is 0. The molecule has 0 spiro atoms. The van der Waals surface area contributed by atoms with Gasteiger partial charge in [-0.25, -0.2) is 0 Å². The maximum atomic E-state index is 10.8. The van der Waals surface area contributed by atoms with Crippen molar-refractivity contribution in [2.45, 2.75) is 0 Å². The van der Waals surface area contributed by atoms with Gasteiger partial charge in [0.05, 0.1) is 0 Å². The number of nitrogens with one attached hydrogen (secondary N) is 2. The summed E-state index contributed by atoms with van der Waals surface area (Å²) in [7, 11) is 0. The molecule has 0 aromatic carbocycles. The smallest absolute Gasteiger partial charge is 0.249 e. The van der Waals surface area contributed by atoms with Crippen LogP contribution in [0.25, 0.3) is 0 Å². The van der Waals surface area contributed by atoms with Gasteiger partial charge in [0.25, 0.3) is 0 Å². The normalized spacial score (nSPS) is 30.9. The Morgan fingerprint density at radius 2 is 2.44 bits per heavy atom. The van der Waals surface area contributed by atoms with E-state index in [-0.39, 0.29) is 5.91 Å². The fraction of sp³-hybridized carbons (Fsp3) is 0.500. The number of amides is 1. The highest BCUT2D eigenvalue weighted by atomic mass is 16.2. The van der Waals surface area contributed by atoms with Gasteiger partial charge in [-0.1, -0.05) is 0 Å². The Labute approximate surface area is 53.1 Å². The summed E-state index contributed by atoms with van der Waals surface area (Å²) < 4.78 is 0. The van der Waals surface area contributed by atoms with Crippen LogP contribution < -0.4 is 10.6 Å². The van der Waals surface area contributed by atoms with Crippen LogP contribution in [0, 0.1) is 5.92 Å². The standard InChI is InChI=1S/C6H8N2O/c9-6-5-3-7-1-4(5)2-8-6/h3-4,7H,1-2H2,(H,8,9). The number of carbonyl (C=O) groups excluding carboxylic acids is 1. The lowest BCUT2D eigenvalue weighted by Crippen LogP contribution is -2.19. The molecule has 2 aliphatic heterocycles. The van der Waals surface area contributed by atoms with Gasteiger partial charge in [0.2, 0.25) is 5.91 Å². The number of fused-ring (bicyclic) bond motifs is 1. The Balaban J connectivity index is 2.32. The zero-order chi connectivity index (χ0) is 6.27. The first-order valence-corrected chi connectivity index (χ1v) is 3.09. The molecule has 1 amide bonds. The number of hydrogen-bond donors (Lipinski definition) is 2. The van der Waals surface area contributed by atoms with Crippen molar-refractivity contribution in [2.24, 2.45) is 5.92 Å². The lowest BCUT2D eigenvalue weighted by atomic mass is 10.1. The van der Waals surface area contributed by atoms with E-state index in [2.05, 4.69) is 10.6 Å². The summed E-state index contributed by atoms with van der Waals surface area (Å²) in [4.78, 5) is 10.8. The van der Waals surface area contributed by atoms with Crippen LogP contribution in [-0.2, 0) is 4.79 Å². The van der Waals surface area contributed by atoms with Gasteiger partial charge in [0.1, 0.15) is 0 Å². The summed E-state index contributed by atoms with van der Waals surface area (Å²) in [5, 5.41) is 5.81. The van der Waals surface area contributed by atoms with Gasteiger partial charge in [-0.3, -0.25) is 4.79 Å². The summed E-state index contributed by atoms with van der Waals surface area (Å²) in [6.07, 6.45) is 1.81. The molecule has 1 fully saturated rings. The van der Waals surface area contributed by atoms with Gasteiger partial charge in [-0.15, -0.1) is 0 Å². The van der Waals surface area contributed by atoms with Crippen molar-refractivity contribution in [3.8, 4) is 0 Å². The molecule has 48 valence electrons. The molecule has 0 aromatic heterocycles. The average Bonchev–Trinajstić information content (AvgIpc) is 2.35. The summed E-state index contributed by atoms with van der Waals surface area (Å²) in [6.45, 7) is 1.74. The van der Waals surface area contributed by atoms with Crippen LogP contribution in [0.15, 0.2) is 11.8 Å². The molecular weight excluding hydrogens is 116 g/mol. The highest BCUT2D eigenvalue weighted by Gasteiger charge is 2.30. The van der Waals surface area contributed by atoms with Crippen molar-refractivity contribution in [1.82, 2.24) is 10.6 Å². The third-order valence-corrected chi connectivity index (χ3v) is 1.83. The maximum Gasteiger partial charge on any atom is 0.249 e. The number of carbonyl (C=O) groups is 1. The summed E-state index contributed by atoms with van der Waals surface area (Å²) in [5.74, 6) is 0.544. The average molecular weight is 124 g/mol. The van der Waals surface area contributed by atoms with E-state index in [1.54, 1.807) is 0 Å². The van der Waals surface area contributed by atoms with Crippen molar-refractivity contribution in [2.75, 3.05) is 13.1 Å². The quantitative estimate of drug-likeness (QED) is 0.445. The molecule has 0 bridgehead atoms. The first kappa shape index (κ1) is 4.85. The molecule has 3 heteroatoms. The minimum atomic E-state index is 0.102. The van der Waals surface area contributed by atoms with Crippen molar-refractivity contribution in [3.63, 3.8) is 0 Å². The molecule has 9 heavy (non-hydrogen) atoms. The molecule has 2 N–H and O–H groups in total. The zero-order valence-electron chi connectivity index (χ0n) is 4.98.